The van der Waals surface area contributed by atoms with Crippen molar-refractivity contribution >= 4 is 28.4 Å². The number of nitrogens with zero attached hydrogens (tertiary/aromatic N) is 2. The van der Waals surface area contributed by atoms with E-state index in [2.05, 4.69) is 51.7 Å². The topological polar surface area (TPSA) is 47.0 Å². The summed E-state index contributed by atoms with van der Waals surface area (Å²) in [6.45, 7) is 7.14. The minimum atomic E-state index is -0.410. The van der Waals surface area contributed by atoms with Gasteiger partial charge in [-0.1, -0.05) is 13.8 Å². The second-order valence-corrected chi connectivity index (χ2v) is 5.27. The average molecular weight is 349 g/mol. The Morgan fingerprint density at radius 3 is 2.71 bits per heavy atom. The summed E-state index contributed by atoms with van der Waals surface area (Å²) in [7, 11) is 1.70. The highest BCUT2D eigenvalue weighted by Crippen LogP contribution is 2.27. The number of hydrogen-bond donors (Lipinski definition) is 1. The van der Waals surface area contributed by atoms with Crippen LogP contribution in [0.15, 0.2) is 6.20 Å². The quantitative estimate of drug-likeness (QED) is 0.802. The summed E-state index contributed by atoms with van der Waals surface area (Å²) in [4.78, 5) is 8.95. The third kappa shape index (κ3) is 3.51. The smallest absolute Gasteiger partial charge is 0.162 e. The van der Waals surface area contributed by atoms with E-state index in [1.807, 2.05) is 13.1 Å². The predicted molar refractivity (Wildman–Crippen MR) is 78.2 cm³/mol. The lowest BCUT2D eigenvalue weighted by atomic mass is 10.0. The van der Waals surface area contributed by atoms with Crippen molar-refractivity contribution in [2.75, 3.05) is 19.0 Å². The molecule has 0 aliphatic rings. The molecule has 96 valence electrons. The molecule has 1 rings (SSSR count). The van der Waals surface area contributed by atoms with Gasteiger partial charge in [0.1, 0.15) is 11.4 Å². The molecule has 0 aliphatic carbocycles. The van der Waals surface area contributed by atoms with Crippen molar-refractivity contribution in [2.24, 2.45) is 0 Å². The van der Waals surface area contributed by atoms with Crippen molar-refractivity contribution in [3.05, 3.63) is 15.6 Å². The maximum absolute atomic E-state index is 5.52. The van der Waals surface area contributed by atoms with Crippen LogP contribution in [-0.2, 0) is 10.3 Å². The van der Waals surface area contributed by atoms with Crippen LogP contribution in [-0.4, -0.2) is 23.6 Å². The Labute approximate surface area is 117 Å². The van der Waals surface area contributed by atoms with Crippen LogP contribution in [0.5, 0.6) is 0 Å². The molecule has 17 heavy (non-hydrogen) atoms. The number of methoxy groups -OCH3 is 1. The molecule has 1 atom stereocenters. The Morgan fingerprint density at radius 1 is 1.47 bits per heavy atom. The number of halogens is 1. The largest absolute Gasteiger partial charge is 0.371 e. The van der Waals surface area contributed by atoms with E-state index in [1.54, 1.807) is 7.11 Å². The second-order valence-electron chi connectivity index (χ2n) is 4.11. The van der Waals surface area contributed by atoms with Gasteiger partial charge in [0.25, 0.3) is 0 Å². The third-order valence-corrected chi connectivity index (χ3v) is 3.67. The zero-order chi connectivity index (χ0) is 12.9. The van der Waals surface area contributed by atoms with Gasteiger partial charge >= 0.3 is 0 Å². The SMILES string of the molecule is CCCNc1nc(C(C)(CC)OC)ncc1I. The molecule has 5 heteroatoms. The van der Waals surface area contributed by atoms with Crippen molar-refractivity contribution in [1.29, 1.82) is 0 Å². The first-order chi connectivity index (χ1) is 8.07. The molecule has 1 N–H and O–H groups in total. The van der Waals surface area contributed by atoms with Gasteiger partial charge in [0, 0.05) is 19.9 Å². The molecule has 0 amide bonds. The Morgan fingerprint density at radius 2 is 2.18 bits per heavy atom. The molecular formula is C12H20IN3O. The average Bonchev–Trinajstić information content (AvgIpc) is 2.36. The summed E-state index contributed by atoms with van der Waals surface area (Å²) in [6, 6.07) is 0. The molecule has 0 fully saturated rings. The fraction of sp³-hybridized carbons (Fsp3) is 0.667. The number of ether oxygens (including phenoxy) is 1. The maximum atomic E-state index is 5.52. The summed E-state index contributed by atoms with van der Waals surface area (Å²) in [5.74, 6) is 1.63. The van der Waals surface area contributed by atoms with Crippen LogP contribution < -0.4 is 5.32 Å². The molecule has 1 aromatic heterocycles. The van der Waals surface area contributed by atoms with Crippen molar-refractivity contribution in [2.45, 2.75) is 39.2 Å². The molecule has 1 aromatic rings. The molecule has 0 radical (unpaired) electrons. The Bertz CT molecular complexity index is 367. The molecule has 0 spiro atoms. The number of rotatable bonds is 6. The van der Waals surface area contributed by atoms with E-state index in [4.69, 9.17) is 4.74 Å². The summed E-state index contributed by atoms with van der Waals surface area (Å²) >= 11 is 2.24. The molecule has 1 unspecified atom stereocenters. The minimum absolute atomic E-state index is 0.410. The van der Waals surface area contributed by atoms with Gasteiger partial charge in [-0.2, -0.15) is 0 Å². The van der Waals surface area contributed by atoms with Gasteiger partial charge in [-0.15, -0.1) is 0 Å². The monoisotopic (exact) mass is 349 g/mol. The van der Waals surface area contributed by atoms with Crippen LogP contribution in [0.4, 0.5) is 5.82 Å². The van der Waals surface area contributed by atoms with Crippen LogP contribution in [0.3, 0.4) is 0 Å². The van der Waals surface area contributed by atoms with Crippen molar-refractivity contribution in [3.63, 3.8) is 0 Å². The lowest BCUT2D eigenvalue weighted by Crippen LogP contribution is -2.27. The van der Waals surface area contributed by atoms with Gasteiger partial charge < -0.3 is 10.1 Å². The molecule has 0 saturated carbocycles. The van der Waals surface area contributed by atoms with Gasteiger partial charge in [-0.3, -0.25) is 0 Å². The standard InChI is InChI=1S/C12H20IN3O/c1-5-7-14-10-9(13)8-15-11(16-10)12(3,6-2)17-4/h8H,5-7H2,1-4H3,(H,14,15,16). The number of hydrogen-bond acceptors (Lipinski definition) is 4. The van der Waals surface area contributed by atoms with E-state index >= 15 is 0 Å². The van der Waals surface area contributed by atoms with Gasteiger partial charge in [0.2, 0.25) is 0 Å². The molecule has 0 saturated heterocycles. The first kappa shape index (κ1) is 14.6. The fourth-order valence-corrected chi connectivity index (χ4v) is 1.83. The van der Waals surface area contributed by atoms with Gasteiger partial charge in [0.05, 0.1) is 3.57 Å². The number of anilines is 1. The van der Waals surface area contributed by atoms with Gasteiger partial charge in [0.15, 0.2) is 5.82 Å². The first-order valence-corrected chi connectivity index (χ1v) is 6.97. The van der Waals surface area contributed by atoms with E-state index in [0.717, 1.165) is 34.6 Å². The lowest BCUT2D eigenvalue weighted by molar-refractivity contribution is -0.00890. The summed E-state index contributed by atoms with van der Waals surface area (Å²) in [5.41, 5.74) is -0.410. The van der Waals surface area contributed by atoms with Crippen LogP contribution in [0.1, 0.15) is 39.4 Å². The van der Waals surface area contributed by atoms with E-state index in [0.29, 0.717) is 0 Å². The van der Waals surface area contributed by atoms with E-state index in [9.17, 15) is 0 Å². The molecule has 0 aliphatic heterocycles. The Balaban J connectivity index is 3.02. The zero-order valence-corrected chi connectivity index (χ0v) is 13.0. The van der Waals surface area contributed by atoms with E-state index in [-0.39, 0.29) is 0 Å². The van der Waals surface area contributed by atoms with Crippen LogP contribution in [0.2, 0.25) is 0 Å². The lowest BCUT2D eigenvalue weighted by Gasteiger charge is -2.25. The molecule has 1 heterocycles. The highest BCUT2D eigenvalue weighted by atomic mass is 127. The molecular weight excluding hydrogens is 329 g/mol. The molecule has 0 bridgehead atoms. The summed E-state index contributed by atoms with van der Waals surface area (Å²) in [6.07, 6.45) is 3.76. The van der Waals surface area contributed by atoms with E-state index < -0.39 is 5.60 Å². The van der Waals surface area contributed by atoms with Crippen LogP contribution in [0.25, 0.3) is 0 Å². The summed E-state index contributed by atoms with van der Waals surface area (Å²) < 4.78 is 6.55. The van der Waals surface area contributed by atoms with Gasteiger partial charge in [-0.25, -0.2) is 9.97 Å². The van der Waals surface area contributed by atoms with Gasteiger partial charge in [-0.05, 0) is 42.4 Å². The number of nitrogens with one attached hydrogen (secondary N) is 1. The Kier molecular flexibility index (Phi) is 5.58. The zero-order valence-electron chi connectivity index (χ0n) is 10.9. The Hall–Kier alpha value is -0.430. The predicted octanol–water partition coefficient (Wildman–Crippen LogP) is 3.17. The molecule has 0 aromatic carbocycles. The van der Waals surface area contributed by atoms with Crippen molar-refractivity contribution in [1.82, 2.24) is 9.97 Å². The van der Waals surface area contributed by atoms with Crippen molar-refractivity contribution < 1.29 is 4.74 Å². The third-order valence-electron chi connectivity index (χ3n) is 2.88. The van der Waals surface area contributed by atoms with Crippen LogP contribution in [0, 0.1) is 3.57 Å². The fourth-order valence-electron chi connectivity index (χ4n) is 1.38. The minimum Gasteiger partial charge on any atom is -0.371 e. The highest BCUT2D eigenvalue weighted by molar-refractivity contribution is 14.1. The van der Waals surface area contributed by atoms with E-state index in [1.165, 1.54) is 0 Å². The second kappa shape index (κ2) is 6.49. The summed E-state index contributed by atoms with van der Waals surface area (Å²) in [5, 5.41) is 3.31. The highest BCUT2D eigenvalue weighted by Gasteiger charge is 2.27. The maximum Gasteiger partial charge on any atom is 0.162 e. The molecule has 4 nitrogen and oxygen atoms in total. The normalized spacial score (nSPS) is 14.4. The van der Waals surface area contributed by atoms with Crippen molar-refractivity contribution in [3.8, 4) is 0 Å². The van der Waals surface area contributed by atoms with Crippen LogP contribution >= 0.6 is 22.6 Å². The first-order valence-electron chi connectivity index (χ1n) is 5.89. The number of aromatic nitrogens is 2.